The molecule has 0 spiro atoms. The Morgan fingerprint density at radius 3 is 2.57 bits per heavy atom. The molecule has 0 saturated heterocycles. The zero-order valence-electron chi connectivity index (χ0n) is 20.2. The van der Waals surface area contributed by atoms with Gasteiger partial charge in [-0.2, -0.15) is 0 Å². The van der Waals surface area contributed by atoms with Crippen molar-refractivity contribution in [3.05, 3.63) is 99.4 Å². The van der Waals surface area contributed by atoms with Gasteiger partial charge in [-0.3, -0.25) is 14.6 Å². The molecule has 0 saturated carbocycles. The van der Waals surface area contributed by atoms with Crippen LogP contribution in [0.1, 0.15) is 40.1 Å². The van der Waals surface area contributed by atoms with E-state index < -0.39 is 5.54 Å². The average Bonchev–Trinajstić information content (AvgIpc) is 3.32. The van der Waals surface area contributed by atoms with Crippen molar-refractivity contribution in [2.75, 3.05) is 7.05 Å². The summed E-state index contributed by atoms with van der Waals surface area (Å²) < 4.78 is 7.27. The smallest absolute Gasteiger partial charge is 0.264 e. The van der Waals surface area contributed by atoms with E-state index in [1.165, 1.54) is 15.5 Å². The first-order valence-electron chi connectivity index (χ1n) is 11.2. The first-order chi connectivity index (χ1) is 16.6. The number of benzene rings is 1. The van der Waals surface area contributed by atoms with Crippen LogP contribution in [0, 0.1) is 6.92 Å². The van der Waals surface area contributed by atoms with Crippen molar-refractivity contribution in [3.63, 3.8) is 0 Å². The van der Waals surface area contributed by atoms with Gasteiger partial charge in [0.1, 0.15) is 5.69 Å². The minimum Gasteiger partial charge on any atom is -0.417 e. The Morgan fingerprint density at radius 1 is 1.11 bits per heavy atom. The van der Waals surface area contributed by atoms with E-state index in [1.54, 1.807) is 20.2 Å². The Balaban J connectivity index is 1.60. The summed E-state index contributed by atoms with van der Waals surface area (Å²) in [6, 6.07) is 18.3. The molecule has 180 valence electrons. The highest BCUT2D eigenvalue weighted by atomic mass is 16.4. The molecule has 1 aromatic carbocycles. The van der Waals surface area contributed by atoms with Crippen LogP contribution in [0.25, 0.3) is 11.6 Å². The number of nitrogens with zero attached hydrogens (tertiary/aromatic N) is 5. The largest absolute Gasteiger partial charge is 0.417 e. The molecule has 0 bridgehead atoms. The molecule has 1 amide bonds. The lowest BCUT2D eigenvalue weighted by Gasteiger charge is -2.20. The Morgan fingerprint density at radius 2 is 1.86 bits per heavy atom. The molecule has 4 aromatic rings. The second kappa shape index (κ2) is 9.63. The molecule has 9 nitrogen and oxygen atoms in total. The summed E-state index contributed by atoms with van der Waals surface area (Å²) in [6.07, 6.45) is 0.491. The van der Waals surface area contributed by atoms with Crippen LogP contribution in [0.4, 0.5) is 0 Å². The number of hydrogen-bond acceptors (Lipinski definition) is 7. The maximum absolute atomic E-state index is 13.1. The molecule has 3 aromatic heterocycles. The zero-order chi connectivity index (χ0) is 25.2. The summed E-state index contributed by atoms with van der Waals surface area (Å²) in [5, 5.41) is 8.27. The number of aryl methyl sites for hydroxylation is 1. The van der Waals surface area contributed by atoms with Crippen molar-refractivity contribution in [3.8, 4) is 11.6 Å². The molecule has 9 heteroatoms. The van der Waals surface area contributed by atoms with Gasteiger partial charge in [0.15, 0.2) is 0 Å². The number of carbonyl (C=O) groups excluding carboxylic acids is 1. The predicted octanol–water partition coefficient (Wildman–Crippen LogP) is 2.83. The molecule has 0 fully saturated rings. The Hall–Kier alpha value is -4.11. The van der Waals surface area contributed by atoms with Crippen LogP contribution in [0.15, 0.2) is 69.9 Å². The second-order valence-electron chi connectivity index (χ2n) is 8.95. The van der Waals surface area contributed by atoms with E-state index >= 15 is 0 Å². The van der Waals surface area contributed by atoms with Crippen LogP contribution in [0.2, 0.25) is 0 Å². The van der Waals surface area contributed by atoms with E-state index in [2.05, 4.69) is 15.2 Å². The maximum Gasteiger partial charge on any atom is 0.264 e. The van der Waals surface area contributed by atoms with Gasteiger partial charge in [-0.15, -0.1) is 10.2 Å². The fourth-order valence-electron chi connectivity index (χ4n) is 3.84. The molecular formula is C26H28N6O3. The van der Waals surface area contributed by atoms with Crippen LogP contribution in [0.5, 0.6) is 0 Å². The lowest BCUT2D eigenvalue weighted by atomic mass is 9.94. The molecule has 0 aliphatic carbocycles. The second-order valence-corrected chi connectivity index (χ2v) is 8.95. The quantitative estimate of drug-likeness (QED) is 0.439. The molecule has 35 heavy (non-hydrogen) atoms. The molecule has 0 aliphatic heterocycles. The number of rotatable bonds is 7. The maximum atomic E-state index is 13.1. The van der Waals surface area contributed by atoms with E-state index in [0.29, 0.717) is 18.7 Å². The number of carbonyl (C=O) groups is 1. The van der Waals surface area contributed by atoms with Crippen LogP contribution >= 0.6 is 0 Å². The summed E-state index contributed by atoms with van der Waals surface area (Å²) in [7, 11) is 3.25. The fourth-order valence-corrected chi connectivity index (χ4v) is 3.84. The van der Waals surface area contributed by atoms with Gasteiger partial charge < -0.3 is 19.6 Å². The molecular weight excluding hydrogens is 444 g/mol. The van der Waals surface area contributed by atoms with Gasteiger partial charge in [-0.25, -0.2) is 0 Å². The van der Waals surface area contributed by atoms with Crippen molar-refractivity contribution in [2.45, 2.75) is 32.4 Å². The lowest BCUT2D eigenvalue weighted by molar-refractivity contribution is 0.0783. The first kappa shape index (κ1) is 24.0. The van der Waals surface area contributed by atoms with Gasteiger partial charge >= 0.3 is 0 Å². The normalized spacial score (nSPS) is 12.8. The SMILES string of the molecule is Cc1cccc(CN(C)C(=O)c2cc(-c3nnc(C(C)(N)Cc4ccccc4)o3)n(C)c(=O)c2)n1. The Labute approximate surface area is 203 Å². The Bertz CT molecular complexity index is 1410. The van der Waals surface area contributed by atoms with Crippen LogP contribution in [0.3, 0.4) is 0 Å². The molecule has 3 heterocycles. The molecule has 1 unspecified atom stereocenters. The number of amides is 1. The summed E-state index contributed by atoms with van der Waals surface area (Å²) in [5.41, 5.74) is 8.42. The number of nitrogens with two attached hydrogens (primary N) is 1. The standard InChI is InChI=1S/C26H28N6O3/c1-17-9-8-12-20(28-17)16-31(3)24(34)19-13-21(32(4)22(33)14-19)23-29-30-25(35-23)26(2,27)15-18-10-6-5-7-11-18/h5-14H,15-16,27H2,1-4H3. The van der Waals surface area contributed by atoms with E-state index in [0.717, 1.165) is 17.0 Å². The van der Waals surface area contributed by atoms with Gasteiger partial charge in [0.25, 0.3) is 17.4 Å². The highest BCUT2D eigenvalue weighted by Crippen LogP contribution is 2.25. The van der Waals surface area contributed by atoms with Gasteiger partial charge in [-0.05, 0) is 44.0 Å². The third-order valence-electron chi connectivity index (χ3n) is 5.75. The zero-order valence-corrected chi connectivity index (χ0v) is 20.2. The highest BCUT2D eigenvalue weighted by molar-refractivity contribution is 5.94. The summed E-state index contributed by atoms with van der Waals surface area (Å²) in [4.78, 5) is 31.7. The van der Waals surface area contributed by atoms with Crippen molar-refractivity contribution in [2.24, 2.45) is 12.8 Å². The minimum atomic E-state index is -0.917. The summed E-state index contributed by atoms with van der Waals surface area (Å²) in [6.45, 7) is 4.01. The summed E-state index contributed by atoms with van der Waals surface area (Å²) >= 11 is 0. The number of aromatic nitrogens is 4. The van der Waals surface area contributed by atoms with Crippen LogP contribution < -0.4 is 11.3 Å². The van der Waals surface area contributed by atoms with E-state index in [1.807, 2.05) is 62.4 Å². The molecule has 4 rings (SSSR count). The molecule has 1 atom stereocenters. The monoisotopic (exact) mass is 472 g/mol. The van der Waals surface area contributed by atoms with Crippen molar-refractivity contribution in [1.82, 2.24) is 24.6 Å². The summed E-state index contributed by atoms with van der Waals surface area (Å²) in [5.74, 6) is 0.0323. The van der Waals surface area contributed by atoms with E-state index in [9.17, 15) is 9.59 Å². The van der Waals surface area contributed by atoms with Crippen molar-refractivity contribution in [1.29, 1.82) is 0 Å². The van der Waals surface area contributed by atoms with E-state index in [-0.39, 0.29) is 28.8 Å². The van der Waals surface area contributed by atoms with Gasteiger partial charge in [0.2, 0.25) is 5.89 Å². The highest BCUT2D eigenvalue weighted by Gasteiger charge is 2.29. The number of pyridine rings is 2. The first-order valence-corrected chi connectivity index (χ1v) is 11.2. The molecule has 0 aliphatic rings. The van der Waals surface area contributed by atoms with Gasteiger partial charge in [0, 0.05) is 31.4 Å². The van der Waals surface area contributed by atoms with Crippen molar-refractivity contribution >= 4 is 5.91 Å². The minimum absolute atomic E-state index is 0.113. The molecule has 2 N–H and O–H groups in total. The number of hydrogen-bond donors (Lipinski definition) is 1. The van der Waals surface area contributed by atoms with Gasteiger partial charge in [0.05, 0.1) is 17.8 Å². The van der Waals surface area contributed by atoms with E-state index in [4.69, 9.17) is 10.2 Å². The average molecular weight is 473 g/mol. The fraction of sp³-hybridized carbons (Fsp3) is 0.269. The van der Waals surface area contributed by atoms with Crippen molar-refractivity contribution < 1.29 is 9.21 Å². The predicted molar refractivity (Wildman–Crippen MR) is 131 cm³/mol. The van der Waals surface area contributed by atoms with Gasteiger partial charge in [-0.1, -0.05) is 36.4 Å². The third kappa shape index (κ3) is 5.36. The lowest BCUT2D eigenvalue weighted by Crippen LogP contribution is -2.35. The topological polar surface area (TPSA) is 120 Å². The third-order valence-corrected chi connectivity index (χ3v) is 5.75. The molecule has 0 radical (unpaired) electrons. The van der Waals surface area contributed by atoms with Crippen LogP contribution in [-0.2, 0) is 25.6 Å². The Kier molecular flexibility index (Phi) is 6.61. The van der Waals surface area contributed by atoms with Crippen LogP contribution in [-0.4, -0.2) is 37.6 Å².